The standard InChI is InChI=1S/C16H29N3/c1-4-13(3)19-11-10-15(18-19)12-16(17-5-2)14-8-6-7-9-14/h10-11,13-14,16-17H,4-9,12H2,1-3H3. The van der Waals surface area contributed by atoms with Gasteiger partial charge in [-0.15, -0.1) is 0 Å². The Morgan fingerprint density at radius 1 is 1.37 bits per heavy atom. The zero-order valence-electron chi connectivity index (χ0n) is 12.7. The second kappa shape index (κ2) is 7.09. The van der Waals surface area contributed by atoms with E-state index in [9.17, 15) is 0 Å². The van der Waals surface area contributed by atoms with Gasteiger partial charge < -0.3 is 5.32 Å². The lowest BCUT2D eigenvalue weighted by molar-refractivity contribution is 0.357. The van der Waals surface area contributed by atoms with Crippen molar-refractivity contribution in [1.82, 2.24) is 15.1 Å². The average Bonchev–Trinajstić information content (AvgIpc) is 3.08. The van der Waals surface area contributed by atoms with Gasteiger partial charge >= 0.3 is 0 Å². The van der Waals surface area contributed by atoms with Crippen molar-refractivity contribution in [3.8, 4) is 0 Å². The Morgan fingerprint density at radius 2 is 2.11 bits per heavy atom. The van der Waals surface area contributed by atoms with Gasteiger partial charge in [0.2, 0.25) is 0 Å². The van der Waals surface area contributed by atoms with Gasteiger partial charge in [0, 0.05) is 24.7 Å². The number of likely N-dealkylation sites (N-methyl/N-ethyl adjacent to an activating group) is 1. The largest absolute Gasteiger partial charge is 0.314 e. The molecule has 0 bridgehead atoms. The SMILES string of the molecule is CCNC(Cc1ccn(C(C)CC)n1)C1CCCC1. The first-order chi connectivity index (χ1) is 9.24. The smallest absolute Gasteiger partial charge is 0.0640 e. The minimum absolute atomic E-state index is 0.512. The third kappa shape index (κ3) is 3.82. The van der Waals surface area contributed by atoms with E-state index < -0.39 is 0 Å². The van der Waals surface area contributed by atoms with E-state index in [1.165, 1.54) is 31.4 Å². The van der Waals surface area contributed by atoms with Crippen molar-refractivity contribution < 1.29 is 0 Å². The molecule has 3 nitrogen and oxygen atoms in total. The lowest BCUT2D eigenvalue weighted by Crippen LogP contribution is -2.37. The Hall–Kier alpha value is -0.830. The van der Waals surface area contributed by atoms with Gasteiger partial charge in [-0.2, -0.15) is 5.10 Å². The zero-order chi connectivity index (χ0) is 13.7. The second-order valence-corrected chi connectivity index (χ2v) is 5.96. The highest BCUT2D eigenvalue weighted by atomic mass is 15.3. The number of hydrogen-bond donors (Lipinski definition) is 1. The summed E-state index contributed by atoms with van der Waals surface area (Å²) in [6.07, 6.45) is 9.97. The molecule has 0 spiro atoms. The van der Waals surface area contributed by atoms with Crippen LogP contribution in [0.25, 0.3) is 0 Å². The van der Waals surface area contributed by atoms with E-state index in [1.54, 1.807) is 0 Å². The number of aromatic nitrogens is 2. The van der Waals surface area contributed by atoms with Gasteiger partial charge in [0.15, 0.2) is 0 Å². The molecule has 0 radical (unpaired) electrons. The highest BCUT2D eigenvalue weighted by Crippen LogP contribution is 2.29. The van der Waals surface area contributed by atoms with E-state index in [-0.39, 0.29) is 0 Å². The lowest BCUT2D eigenvalue weighted by Gasteiger charge is -2.23. The molecule has 0 amide bonds. The third-order valence-corrected chi connectivity index (χ3v) is 4.57. The van der Waals surface area contributed by atoms with E-state index in [0.29, 0.717) is 12.1 Å². The molecule has 1 N–H and O–H groups in total. The molecule has 3 heteroatoms. The minimum atomic E-state index is 0.512. The molecular weight excluding hydrogens is 234 g/mol. The highest BCUT2D eigenvalue weighted by molar-refractivity contribution is 5.03. The van der Waals surface area contributed by atoms with Crippen LogP contribution in [0.5, 0.6) is 0 Å². The fourth-order valence-electron chi connectivity index (χ4n) is 3.17. The van der Waals surface area contributed by atoms with Crippen LogP contribution >= 0.6 is 0 Å². The maximum atomic E-state index is 4.75. The monoisotopic (exact) mass is 263 g/mol. The van der Waals surface area contributed by atoms with Gasteiger partial charge in [0.25, 0.3) is 0 Å². The van der Waals surface area contributed by atoms with Crippen LogP contribution in [0.1, 0.15) is 64.6 Å². The van der Waals surface area contributed by atoms with Crippen LogP contribution in [0.2, 0.25) is 0 Å². The predicted molar refractivity (Wildman–Crippen MR) is 80.4 cm³/mol. The molecule has 1 aromatic rings. The molecule has 2 atom stereocenters. The molecule has 19 heavy (non-hydrogen) atoms. The van der Waals surface area contributed by atoms with Crippen molar-refractivity contribution in [1.29, 1.82) is 0 Å². The van der Waals surface area contributed by atoms with Crippen molar-refractivity contribution in [2.45, 2.75) is 71.4 Å². The van der Waals surface area contributed by atoms with Crippen LogP contribution in [0.4, 0.5) is 0 Å². The lowest BCUT2D eigenvalue weighted by atomic mass is 9.94. The summed E-state index contributed by atoms with van der Waals surface area (Å²) in [5.74, 6) is 0.855. The van der Waals surface area contributed by atoms with E-state index in [0.717, 1.165) is 25.3 Å². The average molecular weight is 263 g/mol. The van der Waals surface area contributed by atoms with Crippen LogP contribution < -0.4 is 5.32 Å². The van der Waals surface area contributed by atoms with Gasteiger partial charge in [-0.25, -0.2) is 0 Å². The molecule has 0 aromatic carbocycles. The summed E-state index contributed by atoms with van der Waals surface area (Å²) in [6, 6.07) is 3.33. The van der Waals surface area contributed by atoms with Crippen LogP contribution in [0.3, 0.4) is 0 Å². The Morgan fingerprint density at radius 3 is 2.74 bits per heavy atom. The first-order valence-electron chi connectivity index (χ1n) is 8.02. The number of hydrogen-bond acceptors (Lipinski definition) is 2. The van der Waals surface area contributed by atoms with Gasteiger partial charge in [-0.3, -0.25) is 4.68 Å². The van der Waals surface area contributed by atoms with Crippen molar-refractivity contribution in [2.24, 2.45) is 5.92 Å². The minimum Gasteiger partial charge on any atom is -0.314 e. The van der Waals surface area contributed by atoms with Gasteiger partial charge in [0.05, 0.1) is 5.69 Å². The summed E-state index contributed by atoms with van der Waals surface area (Å²) in [5, 5.41) is 8.43. The van der Waals surface area contributed by atoms with Crippen LogP contribution in [-0.4, -0.2) is 22.4 Å². The van der Waals surface area contributed by atoms with E-state index >= 15 is 0 Å². The summed E-state index contributed by atoms with van der Waals surface area (Å²) in [5.41, 5.74) is 1.25. The summed E-state index contributed by atoms with van der Waals surface area (Å²) >= 11 is 0. The predicted octanol–water partition coefficient (Wildman–Crippen LogP) is 3.56. The zero-order valence-corrected chi connectivity index (χ0v) is 12.7. The van der Waals surface area contributed by atoms with E-state index in [1.807, 2.05) is 0 Å². The molecular formula is C16H29N3. The normalized spacial score (nSPS) is 19.7. The highest BCUT2D eigenvalue weighted by Gasteiger charge is 2.25. The van der Waals surface area contributed by atoms with Crippen LogP contribution in [0.15, 0.2) is 12.3 Å². The summed E-state index contributed by atoms with van der Waals surface area (Å²) in [4.78, 5) is 0. The molecule has 2 rings (SSSR count). The van der Waals surface area contributed by atoms with Crippen LogP contribution in [-0.2, 0) is 6.42 Å². The molecule has 1 aliphatic carbocycles. The fraction of sp³-hybridized carbons (Fsp3) is 0.812. The first kappa shape index (κ1) is 14.6. The van der Waals surface area contributed by atoms with Crippen molar-refractivity contribution in [3.63, 3.8) is 0 Å². The third-order valence-electron chi connectivity index (χ3n) is 4.57. The van der Waals surface area contributed by atoms with Crippen molar-refractivity contribution in [2.75, 3.05) is 6.54 Å². The van der Waals surface area contributed by atoms with Gasteiger partial charge in [0.1, 0.15) is 0 Å². The van der Waals surface area contributed by atoms with Gasteiger partial charge in [-0.05, 0) is 44.7 Å². The maximum absolute atomic E-state index is 4.75. The summed E-state index contributed by atoms with van der Waals surface area (Å²) in [6.45, 7) is 7.72. The Labute approximate surface area is 117 Å². The van der Waals surface area contributed by atoms with Gasteiger partial charge in [-0.1, -0.05) is 26.7 Å². The Bertz CT molecular complexity index is 366. The maximum Gasteiger partial charge on any atom is 0.0640 e. The topological polar surface area (TPSA) is 29.9 Å². The molecule has 0 aliphatic heterocycles. The van der Waals surface area contributed by atoms with E-state index in [4.69, 9.17) is 5.10 Å². The number of nitrogens with one attached hydrogen (secondary N) is 1. The molecule has 1 fully saturated rings. The van der Waals surface area contributed by atoms with Crippen molar-refractivity contribution in [3.05, 3.63) is 18.0 Å². The molecule has 1 aliphatic rings. The first-order valence-corrected chi connectivity index (χ1v) is 8.02. The molecule has 108 valence electrons. The molecule has 0 saturated heterocycles. The van der Waals surface area contributed by atoms with Crippen molar-refractivity contribution >= 4 is 0 Å². The quantitative estimate of drug-likeness (QED) is 0.815. The molecule has 2 unspecified atom stereocenters. The molecule has 1 aromatic heterocycles. The molecule has 1 saturated carbocycles. The summed E-state index contributed by atoms with van der Waals surface area (Å²) < 4.78 is 2.12. The fourth-order valence-corrected chi connectivity index (χ4v) is 3.17. The number of rotatable bonds is 7. The Kier molecular flexibility index (Phi) is 5.44. The van der Waals surface area contributed by atoms with E-state index in [2.05, 4.69) is 43.0 Å². The Balaban J connectivity index is 1.97. The van der Waals surface area contributed by atoms with Crippen LogP contribution in [0, 0.1) is 5.92 Å². The second-order valence-electron chi connectivity index (χ2n) is 5.96. The summed E-state index contributed by atoms with van der Waals surface area (Å²) in [7, 11) is 0. The number of nitrogens with zero attached hydrogens (tertiary/aromatic N) is 2. The molecule has 1 heterocycles.